The van der Waals surface area contributed by atoms with Gasteiger partial charge in [0.05, 0.1) is 11.9 Å². The van der Waals surface area contributed by atoms with Crippen LogP contribution in [0, 0.1) is 0 Å². The van der Waals surface area contributed by atoms with Crippen molar-refractivity contribution in [3.63, 3.8) is 0 Å². The molecule has 1 atom stereocenters. The number of nitrogens with one attached hydrogen (secondary N) is 1. The molecule has 9 nitrogen and oxygen atoms in total. The highest BCUT2D eigenvalue weighted by molar-refractivity contribution is 5.99. The second-order valence-corrected chi connectivity index (χ2v) is 7.37. The molecular weight excluding hydrogens is 384 g/mol. The number of likely N-dealkylation sites (tertiary alicyclic amines) is 1. The average Bonchev–Trinajstić information content (AvgIpc) is 3.20. The van der Waals surface area contributed by atoms with Gasteiger partial charge in [-0.05, 0) is 31.9 Å². The molecule has 1 fully saturated rings. The Kier molecular flexibility index (Phi) is 5.60. The Bertz CT molecular complexity index is 1130. The van der Waals surface area contributed by atoms with Crippen LogP contribution in [0.5, 0.6) is 0 Å². The summed E-state index contributed by atoms with van der Waals surface area (Å²) < 4.78 is 3.12. The fourth-order valence-corrected chi connectivity index (χ4v) is 3.92. The van der Waals surface area contributed by atoms with Crippen LogP contribution in [0.1, 0.15) is 41.7 Å². The van der Waals surface area contributed by atoms with Crippen LogP contribution in [0.2, 0.25) is 0 Å². The van der Waals surface area contributed by atoms with Crippen molar-refractivity contribution >= 4 is 17.5 Å². The normalized spacial score (nSPS) is 16.6. The number of nitrogens with zero attached hydrogens (tertiary/aromatic N) is 5. The summed E-state index contributed by atoms with van der Waals surface area (Å²) >= 11 is 0. The summed E-state index contributed by atoms with van der Waals surface area (Å²) in [4.78, 5) is 43.1. The number of aromatic nitrogens is 4. The summed E-state index contributed by atoms with van der Waals surface area (Å²) in [6.07, 6.45) is 6.60. The molecule has 0 aliphatic carbocycles. The summed E-state index contributed by atoms with van der Waals surface area (Å²) in [7, 11) is 0. The van der Waals surface area contributed by atoms with Crippen molar-refractivity contribution in [2.75, 3.05) is 19.6 Å². The second kappa shape index (κ2) is 8.48. The van der Waals surface area contributed by atoms with E-state index in [4.69, 9.17) is 0 Å². The van der Waals surface area contributed by atoms with Gasteiger partial charge in [-0.25, -0.2) is 9.50 Å². The van der Waals surface area contributed by atoms with E-state index in [2.05, 4.69) is 15.4 Å². The highest BCUT2D eigenvalue weighted by Crippen LogP contribution is 2.27. The molecule has 1 unspecified atom stereocenters. The average molecular weight is 408 g/mol. The number of hydrogen-bond acceptors (Lipinski definition) is 5. The molecule has 3 aromatic rings. The number of carbonyl (C=O) groups excluding carboxylic acids is 2. The molecule has 1 aliphatic heterocycles. The topological polar surface area (TPSA) is 102 Å². The Labute approximate surface area is 173 Å². The first-order chi connectivity index (χ1) is 14.6. The van der Waals surface area contributed by atoms with Gasteiger partial charge in [0.2, 0.25) is 5.91 Å². The molecule has 30 heavy (non-hydrogen) atoms. The lowest BCUT2D eigenvalue weighted by Crippen LogP contribution is -2.42. The highest BCUT2D eigenvalue weighted by atomic mass is 16.2. The number of piperidine rings is 1. The van der Waals surface area contributed by atoms with Crippen LogP contribution in [0.3, 0.4) is 0 Å². The van der Waals surface area contributed by atoms with Crippen molar-refractivity contribution in [1.82, 2.24) is 29.4 Å². The van der Waals surface area contributed by atoms with Crippen LogP contribution >= 0.6 is 0 Å². The molecular formula is C21H24N6O3. The SMILES string of the molecule is CCNC(=O)c1cnn2c(C3CCCN(C(=O)Cn4ccccc4=O)C3)ccnc12. The largest absolute Gasteiger partial charge is 0.352 e. The summed E-state index contributed by atoms with van der Waals surface area (Å²) in [5.74, 6) is -0.213. The molecule has 4 rings (SSSR count). The smallest absolute Gasteiger partial charge is 0.256 e. The zero-order valence-corrected chi connectivity index (χ0v) is 16.8. The first kappa shape index (κ1) is 19.8. The maximum absolute atomic E-state index is 12.8. The minimum atomic E-state index is -0.203. The Morgan fingerprint density at radius 2 is 2.13 bits per heavy atom. The van der Waals surface area contributed by atoms with E-state index in [0.717, 1.165) is 18.5 Å². The minimum Gasteiger partial charge on any atom is -0.352 e. The van der Waals surface area contributed by atoms with Crippen molar-refractivity contribution < 1.29 is 9.59 Å². The maximum atomic E-state index is 12.8. The monoisotopic (exact) mass is 408 g/mol. The van der Waals surface area contributed by atoms with Gasteiger partial charge in [-0.3, -0.25) is 14.4 Å². The van der Waals surface area contributed by atoms with Gasteiger partial charge in [0.15, 0.2) is 5.65 Å². The van der Waals surface area contributed by atoms with Crippen LogP contribution in [0.4, 0.5) is 0 Å². The molecule has 0 saturated carbocycles. The Balaban J connectivity index is 1.55. The van der Waals surface area contributed by atoms with Gasteiger partial charge in [-0.15, -0.1) is 0 Å². The lowest BCUT2D eigenvalue weighted by molar-refractivity contribution is -0.133. The summed E-state index contributed by atoms with van der Waals surface area (Å²) in [5, 5.41) is 7.17. The van der Waals surface area contributed by atoms with E-state index in [1.807, 2.05) is 13.0 Å². The van der Waals surface area contributed by atoms with Crippen molar-refractivity contribution in [1.29, 1.82) is 0 Å². The molecule has 1 N–H and O–H groups in total. The fraction of sp³-hybridized carbons (Fsp3) is 0.381. The third-order valence-electron chi connectivity index (χ3n) is 5.41. The van der Waals surface area contributed by atoms with E-state index in [-0.39, 0.29) is 29.8 Å². The van der Waals surface area contributed by atoms with E-state index in [9.17, 15) is 14.4 Å². The first-order valence-corrected chi connectivity index (χ1v) is 10.1. The van der Waals surface area contributed by atoms with E-state index in [1.54, 1.807) is 33.9 Å². The van der Waals surface area contributed by atoms with E-state index < -0.39 is 0 Å². The predicted octanol–water partition coefficient (Wildman–Crippen LogP) is 1.05. The van der Waals surface area contributed by atoms with E-state index in [1.165, 1.54) is 16.8 Å². The van der Waals surface area contributed by atoms with Gasteiger partial charge in [-0.2, -0.15) is 5.10 Å². The molecule has 1 saturated heterocycles. The Morgan fingerprint density at radius 1 is 1.27 bits per heavy atom. The molecule has 156 valence electrons. The summed E-state index contributed by atoms with van der Waals surface area (Å²) in [5.41, 5.74) is 1.68. The molecule has 0 spiro atoms. The number of pyridine rings is 1. The predicted molar refractivity (Wildman–Crippen MR) is 110 cm³/mol. The van der Waals surface area contributed by atoms with Crippen molar-refractivity contribution in [2.24, 2.45) is 0 Å². The number of amides is 2. The molecule has 3 aromatic heterocycles. The van der Waals surface area contributed by atoms with Gasteiger partial charge >= 0.3 is 0 Å². The number of rotatable bonds is 5. The standard InChI is InChI=1S/C21H24N6O3/c1-2-22-21(30)16-12-24-27-17(8-9-23-20(16)27)15-6-5-11-25(13-15)19(29)14-26-10-4-3-7-18(26)28/h3-4,7-10,12,15H,2,5-6,11,13-14H2,1H3,(H,22,30). The van der Waals surface area contributed by atoms with Crippen molar-refractivity contribution in [3.05, 3.63) is 64.5 Å². The van der Waals surface area contributed by atoms with Gasteiger partial charge < -0.3 is 14.8 Å². The second-order valence-electron chi connectivity index (χ2n) is 7.37. The van der Waals surface area contributed by atoms with Crippen LogP contribution in [-0.4, -0.2) is 55.5 Å². The lowest BCUT2D eigenvalue weighted by Gasteiger charge is -2.33. The molecule has 1 aliphatic rings. The molecule has 0 bridgehead atoms. The highest BCUT2D eigenvalue weighted by Gasteiger charge is 2.27. The van der Waals surface area contributed by atoms with Gasteiger partial charge in [0.1, 0.15) is 12.1 Å². The van der Waals surface area contributed by atoms with Gasteiger partial charge in [-0.1, -0.05) is 6.07 Å². The molecule has 4 heterocycles. The number of fused-ring (bicyclic) bond motifs is 1. The first-order valence-electron chi connectivity index (χ1n) is 10.1. The van der Waals surface area contributed by atoms with Gasteiger partial charge in [0, 0.05) is 44.0 Å². The zero-order chi connectivity index (χ0) is 21.1. The van der Waals surface area contributed by atoms with Crippen molar-refractivity contribution in [3.8, 4) is 0 Å². The fourth-order valence-electron chi connectivity index (χ4n) is 3.92. The van der Waals surface area contributed by atoms with Crippen LogP contribution < -0.4 is 10.9 Å². The Morgan fingerprint density at radius 3 is 2.93 bits per heavy atom. The number of carbonyl (C=O) groups is 2. The third kappa shape index (κ3) is 3.83. The molecule has 0 radical (unpaired) electrons. The Hall–Kier alpha value is -3.49. The van der Waals surface area contributed by atoms with E-state index >= 15 is 0 Å². The summed E-state index contributed by atoms with van der Waals surface area (Å²) in [6.45, 7) is 3.62. The van der Waals surface area contributed by atoms with Crippen LogP contribution in [0.25, 0.3) is 5.65 Å². The zero-order valence-electron chi connectivity index (χ0n) is 16.8. The van der Waals surface area contributed by atoms with Crippen LogP contribution in [-0.2, 0) is 11.3 Å². The molecule has 0 aromatic carbocycles. The van der Waals surface area contributed by atoms with Crippen LogP contribution in [0.15, 0.2) is 47.7 Å². The van der Waals surface area contributed by atoms with E-state index in [0.29, 0.717) is 30.8 Å². The van der Waals surface area contributed by atoms with Gasteiger partial charge in [0.25, 0.3) is 11.5 Å². The minimum absolute atomic E-state index is 0.0290. The third-order valence-corrected chi connectivity index (χ3v) is 5.41. The number of hydrogen-bond donors (Lipinski definition) is 1. The molecule has 2 amide bonds. The summed E-state index contributed by atoms with van der Waals surface area (Å²) in [6, 6.07) is 6.74. The van der Waals surface area contributed by atoms with Crippen molar-refractivity contribution in [2.45, 2.75) is 32.2 Å². The maximum Gasteiger partial charge on any atom is 0.256 e. The lowest BCUT2D eigenvalue weighted by atomic mass is 9.94. The molecule has 9 heteroatoms. The quantitative estimate of drug-likeness (QED) is 0.680.